The van der Waals surface area contributed by atoms with Crippen molar-refractivity contribution in [1.82, 2.24) is 0 Å². The minimum atomic E-state index is -0.802. The predicted octanol–water partition coefficient (Wildman–Crippen LogP) is 21.0. The van der Waals surface area contributed by atoms with Crippen LogP contribution in [0.3, 0.4) is 0 Å². The number of esters is 3. The third-order valence-corrected chi connectivity index (χ3v) is 12.6. The maximum absolute atomic E-state index is 12.8. The van der Waals surface area contributed by atoms with Crippen molar-refractivity contribution in [1.29, 1.82) is 0 Å². The lowest BCUT2D eigenvalue weighted by molar-refractivity contribution is -0.167. The van der Waals surface area contributed by atoms with Crippen molar-refractivity contribution < 1.29 is 28.6 Å². The van der Waals surface area contributed by atoms with Gasteiger partial charge in [-0.3, -0.25) is 14.4 Å². The van der Waals surface area contributed by atoms with Gasteiger partial charge >= 0.3 is 17.9 Å². The minimum Gasteiger partial charge on any atom is -0.462 e. The molecule has 0 saturated heterocycles. The number of rotatable bonds is 54. The molecule has 0 rings (SSSR count). The van der Waals surface area contributed by atoms with E-state index in [1.165, 1.54) is 70.6 Å². The van der Waals surface area contributed by atoms with Gasteiger partial charge in [0.05, 0.1) is 0 Å². The van der Waals surface area contributed by atoms with Crippen LogP contribution in [0.1, 0.15) is 265 Å². The molecular weight excluding hydrogens is 925 g/mol. The zero-order valence-electron chi connectivity index (χ0n) is 48.5. The third-order valence-electron chi connectivity index (χ3n) is 12.6. The number of hydrogen-bond donors (Lipinski definition) is 0. The van der Waals surface area contributed by atoms with Crippen molar-refractivity contribution in [3.63, 3.8) is 0 Å². The van der Waals surface area contributed by atoms with E-state index >= 15 is 0 Å². The lowest BCUT2D eigenvalue weighted by atomic mass is 10.0. The van der Waals surface area contributed by atoms with Crippen molar-refractivity contribution in [3.8, 4) is 0 Å². The molecule has 0 amide bonds. The van der Waals surface area contributed by atoms with Gasteiger partial charge in [-0.1, -0.05) is 264 Å². The summed E-state index contributed by atoms with van der Waals surface area (Å²) in [6, 6.07) is 0. The van der Waals surface area contributed by atoms with E-state index in [0.29, 0.717) is 19.3 Å². The highest BCUT2D eigenvalue weighted by Gasteiger charge is 2.19. The molecule has 0 aliphatic heterocycles. The molecule has 0 saturated carbocycles. The molecule has 1 unspecified atom stereocenters. The molecule has 424 valence electrons. The minimum absolute atomic E-state index is 0.0957. The van der Waals surface area contributed by atoms with Gasteiger partial charge in [0.15, 0.2) is 6.10 Å². The molecule has 75 heavy (non-hydrogen) atoms. The first kappa shape index (κ1) is 70.5. The summed E-state index contributed by atoms with van der Waals surface area (Å²) in [5.74, 6) is -0.946. The number of hydrogen-bond acceptors (Lipinski definition) is 6. The Kier molecular flexibility index (Phi) is 58.4. The zero-order valence-corrected chi connectivity index (χ0v) is 48.5. The lowest BCUT2D eigenvalue weighted by Gasteiger charge is -2.18. The largest absolute Gasteiger partial charge is 0.462 e. The van der Waals surface area contributed by atoms with Crippen LogP contribution in [-0.2, 0) is 28.6 Å². The number of unbranched alkanes of at least 4 members (excludes halogenated alkanes) is 21. The van der Waals surface area contributed by atoms with Gasteiger partial charge < -0.3 is 14.2 Å². The van der Waals surface area contributed by atoms with E-state index in [0.717, 1.165) is 154 Å². The Morgan fingerprint density at radius 2 is 0.547 bits per heavy atom. The molecule has 6 nitrogen and oxygen atoms in total. The molecule has 0 spiro atoms. The van der Waals surface area contributed by atoms with Crippen LogP contribution in [0.2, 0.25) is 0 Å². The highest BCUT2D eigenvalue weighted by molar-refractivity contribution is 5.71. The second-order valence-electron chi connectivity index (χ2n) is 19.9. The van der Waals surface area contributed by atoms with Crippen LogP contribution < -0.4 is 0 Å². The van der Waals surface area contributed by atoms with Crippen molar-refractivity contribution >= 4 is 17.9 Å². The molecule has 0 bridgehead atoms. The van der Waals surface area contributed by atoms with Gasteiger partial charge in [-0.05, 0) is 116 Å². The lowest BCUT2D eigenvalue weighted by Crippen LogP contribution is -2.30. The molecule has 0 aromatic carbocycles. The van der Waals surface area contributed by atoms with Crippen molar-refractivity contribution in [3.05, 3.63) is 134 Å². The van der Waals surface area contributed by atoms with E-state index in [2.05, 4.69) is 154 Å². The fourth-order valence-electron chi connectivity index (χ4n) is 8.06. The summed E-state index contributed by atoms with van der Waals surface area (Å²) < 4.78 is 16.8. The van der Waals surface area contributed by atoms with Gasteiger partial charge in [-0.2, -0.15) is 0 Å². The van der Waals surface area contributed by atoms with Gasteiger partial charge in [-0.25, -0.2) is 0 Å². The van der Waals surface area contributed by atoms with Crippen molar-refractivity contribution in [2.75, 3.05) is 13.2 Å². The second kappa shape index (κ2) is 62.1. The SMILES string of the molecule is CC/C=C\C/C=C\C/C=C\C/C=C\C/C=C\C/C=C\C/C=C\C/C=C\C/C=C\CCCCCC(=O)OCC(COC(=O)CCCCCCCCCCCCCCC)OC(=O)CCCCCCC/C=C\C/C=C\CCC. The normalized spacial score (nSPS) is 13.1. The summed E-state index contributed by atoms with van der Waals surface area (Å²) in [7, 11) is 0. The summed E-state index contributed by atoms with van der Waals surface area (Å²) in [4.78, 5) is 38.1. The first-order valence-corrected chi connectivity index (χ1v) is 30.7. The molecule has 0 aromatic rings. The summed E-state index contributed by atoms with van der Waals surface area (Å²) in [6.45, 7) is 6.42. The van der Waals surface area contributed by atoms with Crippen molar-refractivity contribution in [2.45, 2.75) is 271 Å². The first-order chi connectivity index (χ1) is 37.0. The molecule has 0 radical (unpaired) electrons. The van der Waals surface area contributed by atoms with Crippen LogP contribution in [0.4, 0.5) is 0 Å². The van der Waals surface area contributed by atoms with E-state index < -0.39 is 6.10 Å². The number of carbonyl (C=O) groups is 3. The van der Waals surface area contributed by atoms with Crippen LogP contribution in [0.5, 0.6) is 0 Å². The molecule has 0 aromatic heterocycles. The monoisotopic (exact) mass is 1040 g/mol. The molecule has 0 N–H and O–H groups in total. The predicted molar refractivity (Wildman–Crippen MR) is 325 cm³/mol. The Bertz CT molecular complexity index is 1620. The standard InChI is InChI=1S/C69H112O6/c1-4-7-10-13-16-19-22-25-26-27-28-29-30-31-32-33-34-35-36-37-38-39-40-41-42-45-47-50-53-56-59-62-68(71)74-65-66(75-69(72)63-60-57-54-51-48-44-24-21-18-15-12-9-6-3)64-73-67(70)61-58-55-52-49-46-43-23-20-17-14-11-8-5-2/h7,10,12,15-16,19,21,24-26,28-29,31-32,34-35,37-38,40-41,45,47,66H,4-6,8-9,11,13-14,17-18,20,22-23,27,30,33,36,39,42-44,46,48-65H2,1-3H3/b10-7-,15-12-,19-16-,24-21-,26-25-,29-28-,32-31-,35-34-,38-37-,41-40-,47-45-. The smallest absolute Gasteiger partial charge is 0.306 e. The van der Waals surface area contributed by atoms with Crippen LogP contribution in [0, 0.1) is 0 Å². The zero-order chi connectivity index (χ0) is 54.3. The van der Waals surface area contributed by atoms with Crippen molar-refractivity contribution in [2.24, 2.45) is 0 Å². The highest BCUT2D eigenvalue weighted by Crippen LogP contribution is 2.15. The van der Waals surface area contributed by atoms with Gasteiger partial charge in [0.25, 0.3) is 0 Å². The van der Waals surface area contributed by atoms with E-state index in [1.54, 1.807) is 0 Å². The van der Waals surface area contributed by atoms with Crippen LogP contribution in [0.25, 0.3) is 0 Å². The van der Waals surface area contributed by atoms with Gasteiger partial charge in [-0.15, -0.1) is 0 Å². The second-order valence-corrected chi connectivity index (χ2v) is 19.9. The maximum Gasteiger partial charge on any atom is 0.306 e. The Hall–Kier alpha value is -4.45. The Labute approximate surface area is 462 Å². The third kappa shape index (κ3) is 60.3. The average molecular weight is 1040 g/mol. The Balaban J connectivity index is 4.35. The summed E-state index contributed by atoms with van der Waals surface area (Å²) >= 11 is 0. The van der Waals surface area contributed by atoms with Crippen LogP contribution >= 0.6 is 0 Å². The average Bonchev–Trinajstić information content (AvgIpc) is 3.41. The molecule has 6 heteroatoms. The number of ether oxygens (including phenoxy) is 3. The molecular formula is C69H112O6. The van der Waals surface area contributed by atoms with Crippen LogP contribution in [0.15, 0.2) is 134 Å². The van der Waals surface area contributed by atoms with Gasteiger partial charge in [0, 0.05) is 19.3 Å². The number of allylic oxidation sites excluding steroid dienone is 22. The van der Waals surface area contributed by atoms with Crippen LogP contribution in [-0.4, -0.2) is 37.2 Å². The molecule has 0 fully saturated rings. The summed E-state index contributed by atoms with van der Waals surface area (Å²) in [5, 5.41) is 0. The molecule has 1 atom stereocenters. The first-order valence-electron chi connectivity index (χ1n) is 30.7. The van der Waals surface area contributed by atoms with E-state index in [9.17, 15) is 14.4 Å². The Morgan fingerprint density at radius 1 is 0.280 bits per heavy atom. The Morgan fingerprint density at radius 3 is 0.880 bits per heavy atom. The van der Waals surface area contributed by atoms with E-state index in [-0.39, 0.29) is 31.1 Å². The topological polar surface area (TPSA) is 78.9 Å². The molecule has 0 aliphatic carbocycles. The summed E-state index contributed by atoms with van der Waals surface area (Å²) in [5.41, 5.74) is 0. The fourth-order valence-corrected chi connectivity index (χ4v) is 8.06. The fraction of sp³-hybridized carbons (Fsp3) is 0.638. The maximum atomic E-state index is 12.8. The quantitative estimate of drug-likeness (QED) is 0.0261. The highest BCUT2D eigenvalue weighted by atomic mass is 16.6. The molecule has 0 heterocycles. The van der Waals surface area contributed by atoms with E-state index in [1.807, 2.05) is 0 Å². The van der Waals surface area contributed by atoms with Gasteiger partial charge in [0.1, 0.15) is 13.2 Å². The van der Waals surface area contributed by atoms with Gasteiger partial charge in [0.2, 0.25) is 0 Å². The summed E-state index contributed by atoms with van der Waals surface area (Å²) in [6.07, 6.45) is 87.4. The van der Waals surface area contributed by atoms with E-state index in [4.69, 9.17) is 14.2 Å². The molecule has 0 aliphatic rings. The number of carbonyl (C=O) groups excluding carboxylic acids is 3.